The van der Waals surface area contributed by atoms with Gasteiger partial charge >= 0.3 is 0 Å². The van der Waals surface area contributed by atoms with E-state index in [0.29, 0.717) is 11.3 Å². The number of hydrogen-bond acceptors (Lipinski definition) is 4. The van der Waals surface area contributed by atoms with E-state index in [1.165, 1.54) is 6.07 Å². The Morgan fingerprint density at radius 1 is 1.04 bits per heavy atom. The van der Waals surface area contributed by atoms with Crippen molar-refractivity contribution in [3.05, 3.63) is 76.1 Å². The van der Waals surface area contributed by atoms with Crippen LogP contribution in [0.3, 0.4) is 0 Å². The fourth-order valence-corrected chi connectivity index (χ4v) is 2.48. The molecule has 0 atom stereocenters. The lowest BCUT2D eigenvalue weighted by atomic mass is 10.0. The van der Waals surface area contributed by atoms with Gasteiger partial charge in [0.1, 0.15) is 17.5 Å². The predicted octanol–water partition coefficient (Wildman–Crippen LogP) is 3.11. The van der Waals surface area contributed by atoms with Gasteiger partial charge in [-0.3, -0.25) is 9.59 Å². The van der Waals surface area contributed by atoms with E-state index in [9.17, 15) is 14.9 Å². The molecule has 1 aliphatic rings. The van der Waals surface area contributed by atoms with Crippen molar-refractivity contribution in [2.24, 2.45) is 0 Å². The average molecular weight is 324 g/mol. The summed E-state index contributed by atoms with van der Waals surface area (Å²) in [6, 6.07) is 15.1. The first-order valence-corrected chi connectivity index (χ1v) is 7.10. The maximum atomic E-state index is 12.6. The summed E-state index contributed by atoms with van der Waals surface area (Å²) in [5.74, 6) is -0.879. The van der Waals surface area contributed by atoms with Gasteiger partial charge in [-0.15, -0.1) is 0 Å². The number of ketones is 1. The summed E-state index contributed by atoms with van der Waals surface area (Å²) in [7, 11) is 0. The zero-order valence-electron chi connectivity index (χ0n) is 11.8. The number of rotatable bonds is 2. The SMILES string of the molecule is N#C/C(C(=O)c1ccccc1Cl)=C1\NC(=O)c2ccccc2N1. The Balaban J connectivity index is 2.06. The van der Waals surface area contributed by atoms with Crippen molar-refractivity contribution < 1.29 is 9.59 Å². The third-order valence-electron chi connectivity index (χ3n) is 3.38. The van der Waals surface area contributed by atoms with E-state index in [1.807, 2.05) is 6.07 Å². The van der Waals surface area contributed by atoms with Gasteiger partial charge in [0.2, 0.25) is 5.78 Å². The molecule has 23 heavy (non-hydrogen) atoms. The molecule has 0 unspecified atom stereocenters. The van der Waals surface area contributed by atoms with Crippen molar-refractivity contribution in [1.29, 1.82) is 5.26 Å². The number of nitriles is 1. The molecule has 2 aromatic rings. The lowest BCUT2D eigenvalue weighted by molar-refractivity contribution is 0.0963. The molecule has 112 valence electrons. The molecule has 5 nitrogen and oxygen atoms in total. The van der Waals surface area contributed by atoms with E-state index in [-0.39, 0.29) is 27.9 Å². The molecular weight excluding hydrogens is 314 g/mol. The van der Waals surface area contributed by atoms with Crippen LogP contribution in [0, 0.1) is 11.3 Å². The third-order valence-corrected chi connectivity index (χ3v) is 3.71. The summed E-state index contributed by atoms with van der Waals surface area (Å²) in [6.07, 6.45) is 0. The number of hydrogen-bond donors (Lipinski definition) is 2. The highest BCUT2D eigenvalue weighted by molar-refractivity contribution is 6.35. The number of carbonyl (C=O) groups excluding carboxylic acids is 2. The van der Waals surface area contributed by atoms with E-state index in [2.05, 4.69) is 10.6 Å². The molecule has 0 fully saturated rings. The van der Waals surface area contributed by atoms with Crippen molar-refractivity contribution in [3.8, 4) is 6.07 Å². The van der Waals surface area contributed by atoms with Gasteiger partial charge in [-0.05, 0) is 24.3 Å². The van der Waals surface area contributed by atoms with E-state index in [1.54, 1.807) is 42.5 Å². The number of nitrogens with zero attached hydrogens (tertiary/aromatic N) is 1. The minimum Gasteiger partial charge on any atom is -0.340 e. The van der Waals surface area contributed by atoms with Crippen LogP contribution in [0.4, 0.5) is 5.69 Å². The highest BCUT2D eigenvalue weighted by Gasteiger charge is 2.26. The van der Waals surface area contributed by atoms with Gasteiger partial charge in [0.05, 0.1) is 16.3 Å². The number of carbonyl (C=O) groups is 2. The topological polar surface area (TPSA) is 82.0 Å². The number of Topliss-reactive ketones (excluding diaryl/α,β-unsaturated/α-hetero) is 1. The summed E-state index contributed by atoms with van der Waals surface area (Å²) in [6.45, 7) is 0. The first kappa shape index (κ1) is 14.8. The molecule has 0 saturated carbocycles. The highest BCUT2D eigenvalue weighted by atomic mass is 35.5. The number of allylic oxidation sites excluding steroid dienone is 1. The van der Waals surface area contributed by atoms with Crippen LogP contribution >= 0.6 is 11.6 Å². The lowest BCUT2D eigenvalue weighted by Gasteiger charge is -2.22. The minimum absolute atomic E-state index is 0.0566. The Labute approximate surface area is 137 Å². The summed E-state index contributed by atoms with van der Waals surface area (Å²) < 4.78 is 0. The Morgan fingerprint density at radius 2 is 1.74 bits per heavy atom. The molecule has 0 bridgehead atoms. The van der Waals surface area contributed by atoms with Crippen LogP contribution in [0.15, 0.2) is 59.9 Å². The van der Waals surface area contributed by atoms with Gasteiger partial charge in [-0.2, -0.15) is 5.26 Å². The largest absolute Gasteiger partial charge is 0.340 e. The molecule has 0 spiro atoms. The highest BCUT2D eigenvalue weighted by Crippen LogP contribution is 2.24. The van der Waals surface area contributed by atoms with Crippen LogP contribution in [-0.4, -0.2) is 11.7 Å². The van der Waals surface area contributed by atoms with Crippen molar-refractivity contribution >= 4 is 29.0 Å². The van der Waals surface area contributed by atoms with Crippen LogP contribution in [0.2, 0.25) is 5.02 Å². The van der Waals surface area contributed by atoms with Crippen molar-refractivity contribution in [2.75, 3.05) is 5.32 Å². The third kappa shape index (κ3) is 2.68. The standard InChI is InChI=1S/C17H10ClN3O2/c18-13-7-3-1-5-10(13)15(22)12(9-19)16-20-14-8-4-2-6-11(14)17(23)21-16/h1-8,20H,(H,21,23)/b16-12+. The molecule has 1 amide bonds. The van der Waals surface area contributed by atoms with Crippen LogP contribution in [0.5, 0.6) is 0 Å². The van der Waals surface area contributed by atoms with E-state index >= 15 is 0 Å². The molecule has 1 aliphatic heterocycles. The predicted molar refractivity (Wildman–Crippen MR) is 86.0 cm³/mol. The molecule has 3 rings (SSSR count). The molecular formula is C17H10ClN3O2. The second-order valence-electron chi connectivity index (χ2n) is 4.80. The Hall–Kier alpha value is -3.10. The fourth-order valence-electron chi connectivity index (χ4n) is 2.26. The molecule has 2 N–H and O–H groups in total. The van der Waals surface area contributed by atoms with Crippen LogP contribution in [0.1, 0.15) is 20.7 Å². The zero-order chi connectivity index (χ0) is 16.4. The molecule has 2 aromatic carbocycles. The maximum Gasteiger partial charge on any atom is 0.258 e. The number of fused-ring (bicyclic) bond motifs is 1. The number of para-hydroxylation sites is 1. The molecule has 0 saturated heterocycles. The van der Waals surface area contributed by atoms with Gasteiger partial charge in [0.15, 0.2) is 0 Å². The monoisotopic (exact) mass is 323 g/mol. The summed E-state index contributed by atoms with van der Waals surface area (Å²) in [5.41, 5.74) is 0.971. The fraction of sp³-hybridized carbons (Fsp3) is 0. The second-order valence-corrected chi connectivity index (χ2v) is 5.20. The number of nitrogens with one attached hydrogen (secondary N) is 2. The molecule has 0 aliphatic carbocycles. The van der Waals surface area contributed by atoms with E-state index in [0.717, 1.165) is 0 Å². The van der Waals surface area contributed by atoms with Gasteiger partial charge in [0, 0.05) is 5.56 Å². The van der Waals surface area contributed by atoms with E-state index in [4.69, 9.17) is 11.6 Å². The normalized spacial score (nSPS) is 14.9. The van der Waals surface area contributed by atoms with Gasteiger partial charge in [-0.1, -0.05) is 35.9 Å². The first-order valence-electron chi connectivity index (χ1n) is 6.73. The second kappa shape index (κ2) is 5.95. The van der Waals surface area contributed by atoms with Crippen molar-refractivity contribution in [3.63, 3.8) is 0 Å². The summed E-state index contributed by atoms with van der Waals surface area (Å²) in [5, 5.41) is 15.1. The number of amides is 1. The average Bonchev–Trinajstić information content (AvgIpc) is 2.56. The van der Waals surface area contributed by atoms with Crippen molar-refractivity contribution in [1.82, 2.24) is 5.32 Å². The van der Waals surface area contributed by atoms with Crippen LogP contribution in [0.25, 0.3) is 0 Å². The Bertz CT molecular complexity index is 897. The number of halogens is 1. The molecule has 6 heteroatoms. The lowest BCUT2D eigenvalue weighted by Crippen LogP contribution is -2.34. The van der Waals surface area contributed by atoms with Crippen LogP contribution in [-0.2, 0) is 0 Å². The van der Waals surface area contributed by atoms with Crippen LogP contribution < -0.4 is 10.6 Å². The van der Waals surface area contributed by atoms with Gasteiger partial charge < -0.3 is 10.6 Å². The number of benzene rings is 2. The van der Waals surface area contributed by atoms with Gasteiger partial charge in [-0.25, -0.2) is 0 Å². The quantitative estimate of drug-likeness (QED) is 0.505. The Morgan fingerprint density at radius 3 is 2.48 bits per heavy atom. The molecule has 0 radical (unpaired) electrons. The number of anilines is 1. The van der Waals surface area contributed by atoms with Gasteiger partial charge in [0.25, 0.3) is 5.91 Å². The first-order chi connectivity index (χ1) is 11.1. The van der Waals surface area contributed by atoms with E-state index < -0.39 is 5.78 Å². The van der Waals surface area contributed by atoms with Crippen molar-refractivity contribution in [2.45, 2.75) is 0 Å². The molecule has 0 aromatic heterocycles. The summed E-state index contributed by atoms with van der Waals surface area (Å²) in [4.78, 5) is 24.7. The zero-order valence-corrected chi connectivity index (χ0v) is 12.5. The Kier molecular flexibility index (Phi) is 3.83. The minimum atomic E-state index is -0.555. The smallest absolute Gasteiger partial charge is 0.258 e. The maximum absolute atomic E-state index is 12.6. The molecule has 1 heterocycles. The summed E-state index contributed by atoms with van der Waals surface area (Å²) >= 11 is 6.01.